The summed E-state index contributed by atoms with van der Waals surface area (Å²) in [5, 5.41) is 5.27. The molecule has 0 aliphatic rings. The van der Waals surface area contributed by atoms with Crippen LogP contribution in [0.15, 0.2) is 24.3 Å². The van der Waals surface area contributed by atoms with Crippen LogP contribution < -0.4 is 15.4 Å². The first-order chi connectivity index (χ1) is 10.7. The van der Waals surface area contributed by atoms with Gasteiger partial charge < -0.3 is 20.3 Å². The predicted octanol–water partition coefficient (Wildman–Crippen LogP) is 2.90. The zero-order valence-electron chi connectivity index (χ0n) is 13.4. The Bertz CT molecular complexity index is 507. The fraction of sp³-hybridized carbons (Fsp3) is 0.533. The molecule has 8 heteroatoms. The maximum Gasteiger partial charge on any atom is 0.573 e. The molecular formula is C15H22F3N3O2. The Kier molecular flexibility index (Phi) is 7.15. The van der Waals surface area contributed by atoms with Crippen molar-refractivity contribution in [1.29, 1.82) is 0 Å². The Hall–Kier alpha value is -1.96. The van der Waals surface area contributed by atoms with Crippen molar-refractivity contribution in [1.82, 2.24) is 15.5 Å². The number of nitrogens with one attached hydrogen (secondary N) is 2. The lowest BCUT2D eigenvalue weighted by atomic mass is 10.1. The average molecular weight is 333 g/mol. The minimum Gasteiger partial charge on any atom is -0.405 e. The molecule has 1 aromatic carbocycles. The number of carbonyl (C=O) groups is 1. The fourth-order valence-electron chi connectivity index (χ4n) is 1.98. The van der Waals surface area contributed by atoms with Crippen LogP contribution >= 0.6 is 0 Å². The van der Waals surface area contributed by atoms with Crippen LogP contribution in [0.5, 0.6) is 5.75 Å². The summed E-state index contributed by atoms with van der Waals surface area (Å²) in [6, 6.07) is 4.68. The Morgan fingerprint density at radius 1 is 1.30 bits per heavy atom. The van der Waals surface area contributed by atoms with Crippen molar-refractivity contribution in [2.24, 2.45) is 0 Å². The Morgan fingerprint density at radius 3 is 2.57 bits per heavy atom. The Labute approximate surface area is 133 Å². The number of hydrogen-bond acceptors (Lipinski definition) is 3. The van der Waals surface area contributed by atoms with Gasteiger partial charge >= 0.3 is 12.4 Å². The number of nitrogens with zero attached hydrogens (tertiary/aromatic N) is 1. The minimum absolute atomic E-state index is 0.258. The van der Waals surface area contributed by atoms with Gasteiger partial charge in [-0.15, -0.1) is 13.2 Å². The number of hydrogen-bond donors (Lipinski definition) is 2. The molecule has 23 heavy (non-hydrogen) atoms. The van der Waals surface area contributed by atoms with E-state index < -0.39 is 18.4 Å². The lowest BCUT2D eigenvalue weighted by Crippen LogP contribution is -2.38. The van der Waals surface area contributed by atoms with Crippen molar-refractivity contribution in [3.8, 4) is 5.75 Å². The van der Waals surface area contributed by atoms with Gasteiger partial charge in [-0.3, -0.25) is 0 Å². The average Bonchev–Trinajstić information content (AvgIpc) is 2.42. The van der Waals surface area contributed by atoms with Crippen LogP contribution in [0.2, 0.25) is 0 Å². The zero-order valence-corrected chi connectivity index (χ0v) is 13.4. The number of amides is 2. The number of alkyl halides is 3. The van der Waals surface area contributed by atoms with Crippen molar-refractivity contribution >= 4 is 6.03 Å². The monoisotopic (exact) mass is 333 g/mol. The SMILES string of the molecule is CC(NC(=O)NCCCN(C)C)c1ccccc1OC(F)(F)F. The van der Waals surface area contributed by atoms with E-state index >= 15 is 0 Å². The minimum atomic E-state index is -4.77. The van der Waals surface area contributed by atoms with Crippen LogP contribution in [-0.4, -0.2) is 44.5 Å². The molecule has 0 aliphatic heterocycles. The molecular weight excluding hydrogens is 311 g/mol. The molecule has 0 saturated carbocycles. The first-order valence-electron chi connectivity index (χ1n) is 7.23. The third kappa shape index (κ3) is 7.73. The van der Waals surface area contributed by atoms with Crippen molar-refractivity contribution < 1.29 is 22.7 Å². The van der Waals surface area contributed by atoms with Crippen molar-refractivity contribution in [2.45, 2.75) is 25.7 Å². The highest BCUT2D eigenvalue weighted by Gasteiger charge is 2.32. The van der Waals surface area contributed by atoms with Gasteiger partial charge in [-0.25, -0.2) is 4.79 Å². The highest BCUT2D eigenvalue weighted by molar-refractivity contribution is 5.74. The van der Waals surface area contributed by atoms with E-state index in [-0.39, 0.29) is 11.3 Å². The van der Waals surface area contributed by atoms with Crippen LogP contribution in [-0.2, 0) is 0 Å². The van der Waals surface area contributed by atoms with Gasteiger partial charge in [-0.2, -0.15) is 0 Å². The Morgan fingerprint density at radius 2 is 1.96 bits per heavy atom. The molecule has 0 spiro atoms. The van der Waals surface area contributed by atoms with Crippen molar-refractivity contribution in [3.63, 3.8) is 0 Å². The number of para-hydroxylation sites is 1. The van der Waals surface area contributed by atoms with Crippen LogP contribution in [0.1, 0.15) is 24.9 Å². The van der Waals surface area contributed by atoms with E-state index in [0.29, 0.717) is 6.54 Å². The summed E-state index contributed by atoms with van der Waals surface area (Å²) in [4.78, 5) is 13.8. The molecule has 1 aromatic rings. The summed E-state index contributed by atoms with van der Waals surface area (Å²) in [7, 11) is 3.86. The van der Waals surface area contributed by atoms with Crippen LogP contribution in [0.4, 0.5) is 18.0 Å². The maximum absolute atomic E-state index is 12.4. The Balaban J connectivity index is 2.57. The van der Waals surface area contributed by atoms with Crippen LogP contribution in [0, 0.1) is 0 Å². The molecule has 0 aliphatic carbocycles. The van der Waals surface area contributed by atoms with E-state index in [1.165, 1.54) is 18.2 Å². The van der Waals surface area contributed by atoms with E-state index in [2.05, 4.69) is 15.4 Å². The summed E-state index contributed by atoms with van der Waals surface area (Å²) >= 11 is 0. The summed E-state index contributed by atoms with van der Waals surface area (Å²) in [5.74, 6) is -0.319. The smallest absolute Gasteiger partial charge is 0.405 e. The van der Waals surface area contributed by atoms with Gasteiger partial charge in [0.2, 0.25) is 0 Å². The summed E-state index contributed by atoms with van der Waals surface area (Å²) in [6.07, 6.45) is -3.99. The first-order valence-corrected chi connectivity index (χ1v) is 7.23. The topological polar surface area (TPSA) is 53.6 Å². The number of urea groups is 1. The van der Waals surface area contributed by atoms with Crippen LogP contribution in [0.3, 0.4) is 0 Å². The molecule has 0 aromatic heterocycles. The van der Waals surface area contributed by atoms with Crippen molar-refractivity contribution in [3.05, 3.63) is 29.8 Å². The van der Waals surface area contributed by atoms with Gasteiger partial charge in [0.15, 0.2) is 0 Å². The van der Waals surface area contributed by atoms with E-state index in [1.807, 2.05) is 19.0 Å². The van der Waals surface area contributed by atoms with Gasteiger partial charge in [-0.05, 0) is 40.1 Å². The molecule has 130 valence electrons. The van der Waals surface area contributed by atoms with Crippen LogP contribution in [0.25, 0.3) is 0 Å². The number of ether oxygens (including phenoxy) is 1. The lowest BCUT2D eigenvalue weighted by Gasteiger charge is -2.19. The molecule has 0 saturated heterocycles. The third-order valence-corrected chi connectivity index (χ3v) is 3.03. The second-order valence-corrected chi connectivity index (χ2v) is 5.36. The zero-order chi connectivity index (χ0) is 17.5. The van der Waals surface area contributed by atoms with Gasteiger partial charge in [0.25, 0.3) is 0 Å². The second-order valence-electron chi connectivity index (χ2n) is 5.36. The second kappa shape index (κ2) is 8.61. The molecule has 5 nitrogen and oxygen atoms in total. The number of halogens is 3. The number of carbonyl (C=O) groups excluding carboxylic acids is 1. The molecule has 0 heterocycles. The van der Waals surface area contributed by atoms with Gasteiger partial charge in [0.1, 0.15) is 5.75 Å². The molecule has 2 N–H and O–H groups in total. The van der Waals surface area contributed by atoms with Gasteiger partial charge in [0.05, 0.1) is 6.04 Å². The largest absolute Gasteiger partial charge is 0.573 e. The van der Waals surface area contributed by atoms with Gasteiger partial charge in [0, 0.05) is 12.1 Å². The normalized spacial score (nSPS) is 12.8. The molecule has 2 amide bonds. The summed E-state index contributed by atoms with van der Waals surface area (Å²) in [5.41, 5.74) is 0.258. The highest BCUT2D eigenvalue weighted by atomic mass is 19.4. The lowest BCUT2D eigenvalue weighted by molar-refractivity contribution is -0.275. The summed E-state index contributed by atoms with van der Waals surface area (Å²) in [6.45, 7) is 2.91. The maximum atomic E-state index is 12.4. The molecule has 1 atom stereocenters. The van der Waals surface area contributed by atoms with E-state index in [1.54, 1.807) is 13.0 Å². The highest BCUT2D eigenvalue weighted by Crippen LogP contribution is 2.29. The molecule has 0 radical (unpaired) electrons. The standard InChI is InChI=1S/C15H22F3N3O2/c1-11(20-14(22)19-9-6-10-21(2)3)12-7-4-5-8-13(12)23-15(16,17)18/h4-5,7-8,11H,6,9-10H2,1-3H3,(H2,19,20,22). The molecule has 1 unspecified atom stereocenters. The van der Waals surface area contributed by atoms with Crippen molar-refractivity contribution in [2.75, 3.05) is 27.2 Å². The molecule has 0 fully saturated rings. The van der Waals surface area contributed by atoms with E-state index in [4.69, 9.17) is 0 Å². The first kappa shape index (κ1) is 19.1. The van der Waals surface area contributed by atoms with Gasteiger partial charge in [-0.1, -0.05) is 18.2 Å². The molecule has 0 bridgehead atoms. The molecule has 1 rings (SSSR count). The number of benzene rings is 1. The number of rotatable bonds is 7. The van der Waals surface area contributed by atoms with E-state index in [0.717, 1.165) is 13.0 Å². The predicted molar refractivity (Wildman–Crippen MR) is 81.2 cm³/mol. The summed E-state index contributed by atoms with van der Waals surface area (Å²) < 4.78 is 41.2. The fourth-order valence-corrected chi connectivity index (χ4v) is 1.98. The van der Waals surface area contributed by atoms with E-state index in [9.17, 15) is 18.0 Å². The third-order valence-electron chi connectivity index (χ3n) is 3.03. The quantitative estimate of drug-likeness (QED) is 0.755.